The molecule has 2 aromatic heterocycles. The third-order valence-corrected chi connectivity index (χ3v) is 6.95. The maximum Gasteiger partial charge on any atom is 0.349 e. The SMILES string of the molecule is C=CCn1c(=NC(=O)c2cc3c(ccc4ccccc43)oc2=O)sc2ccc(Cl)c(Cl)c21. The Hall–Kier alpha value is -3.19. The number of benzene rings is 3. The van der Waals surface area contributed by atoms with Crippen LogP contribution < -0.4 is 10.4 Å². The number of nitrogens with zero attached hydrogens (tertiary/aromatic N) is 2. The smallest absolute Gasteiger partial charge is 0.349 e. The van der Waals surface area contributed by atoms with Gasteiger partial charge in [0.25, 0.3) is 5.91 Å². The highest BCUT2D eigenvalue weighted by Crippen LogP contribution is 2.32. The molecule has 0 spiro atoms. The molecule has 32 heavy (non-hydrogen) atoms. The molecular weight excluding hydrogens is 467 g/mol. The van der Waals surface area contributed by atoms with E-state index in [4.69, 9.17) is 27.6 Å². The highest BCUT2D eigenvalue weighted by molar-refractivity contribution is 7.16. The summed E-state index contributed by atoms with van der Waals surface area (Å²) < 4.78 is 7.99. The summed E-state index contributed by atoms with van der Waals surface area (Å²) in [5, 5.41) is 3.30. The van der Waals surface area contributed by atoms with Crippen LogP contribution in [0.5, 0.6) is 0 Å². The highest BCUT2D eigenvalue weighted by atomic mass is 35.5. The quantitative estimate of drug-likeness (QED) is 0.175. The van der Waals surface area contributed by atoms with E-state index in [-0.39, 0.29) is 5.56 Å². The summed E-state index contributed by atoms with van der Waals surface area (Å²) in [6.07, 6.45) is 1.67. The summed E-state index contributed by atoms with van der Waals surface area (Å²) in [5.41, 5.74) is 0.196. The fourth-order valence-corrected chi connectivity index (χ4v) is 5.18. The van der Waals surface area contributed by atoms with E-state index in [1.54, 1.807) is 28.8 Å². The van der Waals surface area contributed by atoms with Crippen molar-refractivity contribution in [2.75, 3.05) is 0 Å². The van der Waals surface area contributed by atoms with E-state index in [9.17, 15) is 9.59 Å². The number of hydrogen-bond donors (Lipinski definition) is 0. The van der Waals surface area contributed by atoms with Crippen LogP contribution in [0.25, 0.3) is 32.0 Å². The van der Waals surface area contributed by atoms with Gasteiger partial charge in [-0.2, -0.15) is 4.99 Å². The molecule has 0 radical (unpaired) electrons. The van der Waals surface area contributed by atoms with Gasteiger partial charge < -0.3 is 8.98 Å². The Kier molecular flexibility index (Phi) is 5.21. The van der Waals surface area contributed by atoms with Gasteiger partial charge in [-0.1, -0.05) is 70.9 Å². The number of rotatable bonds is 3. The third kappa shape index (κ3) is 3.37. The Labute approximate surface area is 195 Å². The number of allylic oxidation sites excluding steroid dienone is 1. The molecule has 0 unspecified atom stereocenters. The van der Waals surface area contributed by atoms with Crippen molar-refractivity contribution in [3.8, 4) is 0 Å². The first-order valence-corrected chi connectivity index (χ1v) is 11.2. The van der Waals surface area contributed by atoms with Crippen LogP contribution in [0.15, 0.2) is 81.5 Å². The van der Waals surface area contributed by atoms with Gasteiger partial charge in [-0.05, 0) is 35.0 Å². The number of hydrogen-bond acceptors (Lipinski definition) is 4. The highest BCUT2D eigenvalue weighted by Gasteiger charge is 2.17. The molecule has 5 rings (SSSR count). The number of halogens is 2. The van der Waals surface area contributed by atoms with Gasteiger partial charge in [0.05, 0.1) is 20.3 Å². The van der Waals surface area contributed by atoms with Crippen molar-refractivity contribution in [3.63, 3.8) is 0 Å². The van der Waals surface area contributed by atoms with E-state index in [0.717, 1.165) is 15.5 Å². The van der Waals surface area contributed by atoms with Gasteiger partial charge in [0, 0.05) is 11.9 Å². The fourth-order valence-electron chi connectivity index (χ4n) is 3.65. The maximum absolute atomic E-state index is 13.1. The van der Waals surface area contributed by atoms with E-state index >= 15 is 0 Å². The number of thiazole rings is 1. The van der Waals surface area contributed by atoms with Crippen LogP contribution in [0.2, 0.25) is 10.0 Å². The normalized spacial score (nSPS) is 12.1. The minimum atomic E-state index is -0.737. The zero-order valence-electron chi connectivity index (χ0n) is 16.5. The molecule has 0 fully saturated rings. The Morgan fingerprint density at radius 1 is 1.12 bits per heavy atom. The molecule has 0 saturated carbocycles. The molecule has 0 aliphatic heterocycles. The lowest BCUT2D eigenvalue weighted by Gasteiger charge is -2.05. The molecule has 0 bridgehead atoms. The van der Waals surface area contributed by atoms with Gasteiger partial charge >= 0.3 is 5.63 Å². The van der Waals surface area contributed by atoms with E-state index in [0.29, 0.717) is 37.9 Å². The van der Waals surface area contributed by atoms with Crippen molar-refractivity contribution in [3.05, 3.63) is 98.1 Å². The van der Waals surface area contributed by atoms with Gasteiger partial charge in [-0.15, -0.1) is 6.58 Å². The Bertz CT molecular complexity index is 1700. The van der Waals surface area contributed by atoms with Crippen LogP contribution in [-0.2, 0) is 6.54 Å². The molecule has 8 heteroatoms. The monoisotopic (exact) mass is 480 g/mol. The summed E-state index contributed by atoms with van der Waals surface area (Å²) in [6, 6.07) is 16.3. The minimum Gasteiger partial charge on any atom is -0.422 e. The largest absolute Gasteiger partial charge is 0.422 e. The number of amides is 1. The van der Waals surface area contributed by atoms with Crippen LogP contribution >= 0.6 is 34.5 Å². The number of carbonyl (C=O) groups excluding carboxylic acids is 1. The molecule has 5 nitrogen and oxygen atoms in total. The molecule has 0 saturated heterocycles. The van der Waals surface area contributed by atoms with E-state index < -0.39 is 11.5 Å². The molecule has 0 atom stereocenters. The summed E-state index contributed by atoms with van der Waals surface area (Å²) in [6.45, 7) is 4.13. The molecule has 2 heterocycles. The molecule has 0 aliphatic rings. The van der Waals surface area contributed by atoms with Crippen molar-refractivity contribution in [2.24, 2.45) is 4.99 Å². The zero-order chi connectivity index (χ0) is 22.4. The Morgan fingerprint density at radius 2 is 1.94 bits per heavy atom. The third-order valence-electron chi connectivity index (χ3n) is 5.12. The molecule has 0 N–H and O–H groups in total. The van der Waals surface area contributed by atoms with Gasteiger partial charge in [0.1, 0.15) is 11.1 Å². The van der Waals surface area contributed by atoms with Crippen LogP contribution in [0, 0.1) is 0 Å². The first-order chi connectivity index (χ1) is 15.5. The van der Waals surface area contributed by atoms with E-state index in [2.05, 4.69) is 11.6 Å². The van der Waals surface area contributed by atoms with Crippen LogP contribution in [0.4, 0.5) is 0 Å². The van der Waals surface area contributed by atoms with Crippen molar-refractivity contribution in [1.29, 1.82) is 0 Å². The van der Waals surface area contributed by atoms with E-state index in [1.807, 2.05) is 36.4 Å². The fraction of sp³-hybridized carbons (Fsp3) is 0.0417. The summed E-state index contributed by atoms with van der Waals surface area (Å²) >= 11 is 13.9. The second kappa shape index (κ2) is 8.06. The van der Waals surface area contributed by atoms with Crippen molar-refractivity contribution in [2.45, 2.75) is 6.54 Å². The summed E-state index contributed by atoms with van der Waals surface area (Å²) in [4.78, 5) is 30.3. The minimum absolute atomic E-state index is 0.138. The zero-order valence-corrected chi connectivity index (χ0v) is 18.8. The average Bonchev–Trinajstić information content (AvgIpc) is 3.13. The van der Waals surface area contributed by atoms with Crippen molar-refractivity contribution < 1.29 is 9.21 Å². The lowest BCUT2D eigenvalue weighted by molar-refractivity contribution is 0.0994. The Morgan fingerprint density at radius 3 is 2.75 bits per heavy atom. The van der Waals surface area contributed by atoms with Crippen LogP contribution in [0.3, 0.4) is 0 Å². The second-order valence-electron chi connectivity index (χ2n) is 7.06. The van der Waals surface area contributed by atoms with Crippen molar-refractivity contribution >= 4 is 72.4 Å². The number of carbonyl (C=O) groups is 1. The molecule has 0 aliphatic carbocycles. The average molecular weight is 481 g/mol. The van der Waals surface area contributed by atoms with E-state index in [1.165, 1.54) is 11.3 Å². The first-order valence-electron chi connectivity index (χ1n) is 9.61. The van der Waals surface area contributed by atoms with Gasteiger partial charge in [-0.3, -0.25) is 4.79 Å². The van der Waals surface area contributed by atoms with Gasteiger partial charge in [0.15, 0.2) is 4.80 Å². The molecule has 158 valence electrons. The predicted octanol–water partition coefficient (Wildman–Crippen LogP) is 6.20. The standard InChI is InChI=1S/C24H14Cl2N2O3S/c1-2-11-28-21-19(10-8-17(25)20(21)26)32-24(28)27-22(29)16-12-15-14-6-4-3-5-13(14)7-9-18(15)31-23(16)30/h2-10,12H,1,11H2. The molecule has 3 aromatic carbocycles. The van der Waals surface area contributed by atoms with Gasteiger partial charge in [-0.25, -0.2) is 4.79 Å². The van der Waals surface area contributed by atoms with Gasteiger partial charge in [0.2, 0.25) is 0 Å². The van der Waals surface area contributed by atoms with Crippen LogP contribution in [0.1, 0.15) is 10.4 Å². The maximum atomic E-state index is 13.1. The molecule has 5 aromatic rings. The molecular formula is C24H14Cl2N2O3S. The van der Waals surface area contributed by atoms with Crippen molar-refractivity contribution in [1.82, 2.24) is 4.57 Å². The molecule has 1 amide bonds. The summed E-state index contributed by atoms with van der Waals surface area (Å²) in [7, 11) is 0. The number of fused-ring (bicyclic) bond motifs is 4. The topological polar surface area (TPSA) is 64.6 Å². The lowest BCUT2D eigenvalue weighted by Crippen LogP contribution is -2.19. The summed E-state index contributed by atoms with van der Waals surface area (Å²) in [5.74, 6) is -0.694. The second-order valence-corrected chi connectivity index (χ2v) is 8.85. The Balaban J connectivity index is 1.74. The van der Waals surface area contributed by atoms with Crippen LogP contribution in [-0.4, -0.2) is 10.5 Å². The predicted molar refractivity (Wildman–Crippen MR) is 130 cm³/mol. The first kappa shape index (κ1) is 20.7. The number of aromatic nitrogens is 1. The lowest BCUT2D eigenvalue weighted by atomic mass is 10.0.